The Balaban J connectivity index is 2.11. The molecule has 0 aliphatic rings. The van der Waals surface area contributed by atoms with Gasteiger partial charge in [-0.1, -0.05) is 0 Å². The molecule has 2 aromatic carbocycles. The van der Waals surface area contributed by atoms with Gasteiger partial charge in [0.2, 0.25) is 0 Å². The van der Waals surface area contributed by atoms with Crippen LogP contribution >= 0.6 is 0 Å². The van der Waals surface area contributed by atoms with Gasteiger partial charge in [0.1, 0.15) is 17.3 Å². The molecule has 0 saturated carbocycles. The molecule has 1 heterocycles. The maximum absolute atomic E-state index is 11.6. The van der Waals surface area contributed by atoms with E-state index in [1.807, 2.05) is 0 Å². The molecule has 0 fully saturated rings. The molecule has 1 aromatic heterocycles. The Kier molecular flexibility index (Phi) is 3.42. The van der Waals surface area contributed by atoms with Gasteiger partial charge in [0.15, 0.2) is 0 Å². The molecule has 0 atom stereocenters. The molecule has 6 nitrogen and oxygen atoms in total. The van der Waals surface area contributed by atoms with Crippen molar-refractivity contribution in [3.63, 3.8) is 0 Å². The number of H-pyrrole nitrogens is 1. The van der Waals surface area contributed by atoms with Crippen molar-refractivity contribution in [2.45, 2.75) is 0 Å². The summed E-state index contributed by atoms with van der Waals surface area (Å²) < 4.78 is 9.85. The number of ether oxygens (including phenoxy) is 2. The number of carbonyl (C=O) groups is 1. The average molecular weight is 298 g/mol. The van der Waals surface area contributed by atoms with Gasteiger partial charge < -0.3 is 19.6 Å². The largest absolute Gasteiger partial charge is 0.507 e. The predicted octanol–water partition coefficient (Wildman–Crippen LogP) is 2.73. The first kappa shape index (κ1) is 13.9. The summed E-state index contributed by atoms with van der Waals surface area (Å²) >= 11 is 0. The lowest BCUT2D eigenvalue weighted by Gasteiger charge is -2.04. The van der Waals surface area contributed by atoms with Crippen molar-refractivity contribution in [1.29, 1.82) is 0 Å². The molecule has 0 aliphatic heterocycles. The van der Waals surface area contributed by atoms with Gasteiger partial charge in [-0.2, -0.15) is 0 Å². The summed E-state index contributed by atoms with van der Waals surface area (Å²) in [5.74, 6) is 0.784. The molecule has 112 valence electrons. The summed E-state index contributed by atoms with van der Waals surface area (Å²) in [7, 11) is 2.89. The molecule has 0 saturated heterocycles. The molecule has 3 rings (SSSR count). The highest BCUT2D eigenvalue weighted by Gasteiger charge is 2.13. The fraction of sp³-hybridized carbons (Fsp3) is 0.125. The van der Waals surface area contributed by atoms with Crippen LogP contribution in [0.2, 0.25) is 0 Å². The second-order valence-electron chi connectivity index (χ2n) is 4.69. The minimum absolute atomic E-state index is 0.0908. The molecule has 0 unspecified atom stereocenters. The van der Waals surface area contributed by atoms with E-state index in [-0.39, 0.29) is 5.75 Å². The third-order valence-electron chi connectivity index (χ3n) is 3.36. The number of hydrogen-bond donors (Lipinski definition) is 2. The van der Waals surface area contributed by atoms with Crippen molar-refractivity contribution >= 4 is 17.0 Å². The first-order valence-electron chi connectivity index (χ1n) is 6.58. The smallest absolute Gasteiger partial charge is 0.337 e. The summed E-state index contributed by atoms with van der Waals surface area (Å²) in [5, 5.41) is 10.0. The van der Waals surface area contributed by atoms with E-state index in [4.69, 9.17) is 9.47 Å². The quantitative estimate of drug-likeness (QED) is 0.726. The van der Waals surface area contributed by atoms with Crippen LogP contribution in [0.3, 0.4) is 0 Å². The van der Waals surface area contributed by atoms with Gasteiger partial charge in [0, 0.05) is 0 Å². The Morgan fingerprint density at radius 1 is 1.18 bits per heavy atom. The normalized spacial score (nSPS) is 10.6. The highest BCUT2D eigenvalue weighted by Crippen LogP contribution is 2.32. The molecule has 0 radical (unpaired) electrons. The summed E-state index contributed by atoms with van der Waals surface area (Å²) in [4.78, 5) is 19.1. The van der Waals surface area contributed by atoms with Crippen LogP contribution in [-0.2, 0) is 4.74 Å². The van der Waals surface area contributed by atoms with E-state index in [1.165, 1.54) is 7.11 Å². The van der Waals surface area contributed by atoms with Crippen molar-refractivity contribution in [3.05, 3.63) is 42.0 Å². The number of methoxy groups -OCH3 is 2. The van der Waals surface area contributed by atoms with E-state index in [0.29, 0.717) is 33.7 Å². The van der Waals surface area contributed by atoms with E-state index < -0.39 is 5.97 Å². The van der Waals surface area contributed by atoms with Gasteiger partial charge in [-0.15, -0.1) is 0 Å². The number of hydrogen-bond acceptors (Lipinski definition) is 5. The van der Waals surface area contributed by atoms with Crippen molar-refractivity contribution in [3.8, 4) is 22.9 Å². The second kappa shape index (κ2) is 5.40. The number of carbonyl (C=O) groups excluding carboxylic acids is 1. The SMILES string of the molecule is COC(=O)c1ccc2nc(-c3cc(OC)ccc3O)[nH]c2c1. The van der Waals surface area contributed by atoms with E-state index in [1.54, 1.807) is 43.5 Å². The number of phenols is 1. The van der Waals surface area contributed by atoms with Crippen LogP contribution in [0, 0.1) is 0 Å². The Morgan fingerprint density at radius 2 is 2.00 bits per heavy atom. The molecule has 0 bridgehead atoms. The zero-order valence-electron chi connectivity index (χ0n) is 12.1. The van der Waals surface area contributed by atoms with Crippen molar-refractivity contribution < 1.29 is 19.4 Å². The van der Waals surface area contributed by atoms with Crippen LogP contribution in [-0.4, -0.2) is 35.3 Å². The van der Waals surface area contributed by atoms with Gasteiger partial charge in [0.05, 0.1) is 36.4 Å². The molecular formula is C16H14N2O4. The molecule has 3 aromatic rings. The Labute approximate surface area is 126 Å². The fourth-order valence-corrected chi connectivity index (χ4v) is 2.21. The maximum Gasteiger partial charge on any atom is 0.337 e. The molecular weight excluding hydrogens is 284 g/mol. The third-order valence-corrected chi connectivity index (χ3v) is 3.36. The molecule has 0 amide bonds. The number of imidazole rings is 1. The first-order chi connectivity index (χ1) is 10.6. The lowest BCUT2D eigenvalue weighted by atomic mass is 10.2. The Hall–Kier alpha value is -3.02. The van der Waals surface area contributed by atoms with Crippen molar-refractivity contribution in [2.24, 2.45) is 0 Å². The highest BCUT2D eigenvalue weighted by molar-refractivity contribution is 5.94. The fourth-order valence-electron chi connectivity index (χ4n) is 2.21. The predicted molar refractivity (Wildman–Crippen MR) is 81.1 cm³/mol. The monoisotopic (exact) mass is 298 g/mol. The van der Waals surface area contributed by atoms with Crippen LogP contribution in [0.1, 0.15) is 10.4 Å². The van der Waals surface area contributed by atoms with Gasteiger partial charge in [-0.3, -0.25) is 0 Å². The Morgan fingerprint density at radius 3 is 2.73 bits per heavy atom. The number of aromatic nitrogens is 2. The first-order valence-corrected chi connectivity index (χ1v) is 6.58. The lowest BCUT2D eigenvalue weighted by molar-refractivity contribution is 0.0601. The number of nitrogens with zero attached hydrogens (tertiary/aromatic N) is 1. The maximum atomic E-state index is 11.6. The average Bonchev–Trinajstić information content (AvgIpc) is 2.97. The standard InChI is InChI=1S/C16H14N2O4/c1-21-10-4-6-14(19)11(8-10)15-17-12-5-3-9(16(20)22-2)7-13(12)18-15/h3-8,19H,1-2H3,(H,17,18). The zero-order valence-corrected chi connectivity index (χ0v) is 12.1. The van der Waals surface area contributed by atoms with Gasteiger partial charge >= 0.3 is 5.97 Å². The summed E-state index contributed by atoms with van der Waals surface area (Å²) in [6.45, 7) is 0. The van der Waals surface area contributed by atoms with Gasteiger partial charge in [-0.05, 0) is 36.4 Å². The van der Waals surface area contributed by atoms with Crippen molar-refractivity contribution in [2.75, 3.05) is 14.2 Å². The van der Waals surface area contributed by atoms with Crippen LogP contribution < -0.4 is 4.74 Å². The van der Waals surface area contributed by atoms with Crippen molar-refractivity contribution in [1.82, 2.24) is 9.97 Å². The summed E-state index contributed by atoms with van der Waals surface area (Å²) in [6, 6.07) is 9.92. The molecule has 6 heteroatoms. The van der Waals surface area contributed by atoms with Crippen LogP contribution in [0.4, 0.5) is 0 Å². The Bertz CT molecular complexity index is 854. The number of rotatable bonds is 3. The number of fused-ring (bicyclic) bond motifs is 1. The molecule has 0 spiro atoms. The minimum atomic E-state index is -0.415. The zero-order chi connectivity index (χ0) is 15.7. The number of esters is 1. The lowest BCUT2D eigenvalue weighted by Crippen LogP contribution is -2.00. The second-order valence-corrected chi connectivity index (χ2v) is 4.69. The summed E-state index contributed by atoms with van der Waals surface area (Å²) in [6.07, 6.45) is 0. The number of aromatic hydroxyl groups is 1. The number of benzene rings is 2. The molecule has 0 aliphatic carbocycles. The third kappa shape index (κ3) is 2.35. The van der Waals surface area contributed by atoms with E-state index >= 15 is 0 Å². The van der Waals surface area contributed by atoms with Crippen LogP contribution in [0.25, 0.3) is 22.4 Å². The minimum Gasteiger partial charge on any atom is -0.507 e. The van der Waals surface area contributed by atoms with E-state index in [0.717, 1.165) is 0 Å². The van der Waals surface area contributed by atoms with Gasteiger partial charge in [0.25, 0.3) is 0 Å². The topological polar surface area (TPSA) is 84.4 Å². The number of aromatic amines is 1. The van der Waals surface area contributed by atoms with Crippen LogP contribution in [0.5, 0.6) is 11.5 Å². The molecule has 2 N–H and O–H groups in total. The molecule has 22 heavy (non-hydrogen) atoms. The van der Waals surface area contributed by atoms with Gasteiger partial charge in [-0.25, -0.2) is 9.78 Å². The van der Waals surface area contributed by atoms with E-state index in [9.17, 15) is 9.90 Å². The van der Waals surface area contributed by atoms with Crippen LogP contribution in [0.15, 0.2) is 36.4 Å². The number of phenolic OH excluding ortho intramolecular Hbond substituents is 1. The summed E-state index contributed by atoms with van der Waals surface area (Å²) in [5.41, 5.74) is 2.32. The highest BCUT2D eigenvalue weighted by atomic mass is 16.5. The van der Waals surface area contributed by atoms with E-state index in [2.05, 4.69) is 9.97 Å². The number of nitrogens with one attached hydrogen (secondary N) is 1.